The Labute approximate surface area is 154 Å². The van der Waals surface area contributed by atoms with Crippen LogP contribution in [0.4, 0.5) is 10.5 Å². The lowest BCUT2D eigenvalue weighted by atomic mass is 9.80. The van der Waals surface area contributed by atoms with Crippen LogP contribution in [0.15, 0.2) is 18.5 Å². The number of alkyl carbamates (subject to hydrolysis) is 1. The van der Waals surface area contributed by atoms with Gasteiger partial charge in [-0.1, -0.05) is 0 Å². The first kappa shape index (κ1) is 18.9. The van der Waals surface area contributed by atoms with E-state index in [-0.39, 0.29) is 12.2 Å². The fourth-order valence-electron chi connectivity index (χ4n) is 3.57. The summed E-state index contributed by atoms with van der Waals surface area (Å²) in [5, 5.41) is 14.0. The third kappa shape index (κ3) is 4.10. The highest BCUT2D eigenvalue weighted by atomic mass is 16.6. The standard InChI is InChI=1S/C19H29N3O4/c1-18(2,3)26-17(23)22-15-9-14(12-7-8-21-10-13(12)20)25-16(11-5-6-11)19(15,4)24/h7-8,10-11,14-16,24H,5-6,9,20H2,1-4H3,(H,22,23). The molecule has 7 heteroatoms. The van der Waals surface area contributed by atoms with Gasteiger partial charge in [-0.05, 0) is 52.5 Å². The summed E-state index contributed by atoms with van der Waals surface area (Å²) >= 11 is 0. The molecule has 1 aromatic heterocycles. The van der Waals surface area contributed by atoms with Crippen LogP contribution in [-0.4, -0.2) is 39.5 Å². The third-order valence-electron chi connectivity index (χ3n) is 5.02. The number of nitrogens with two attached hydrogens (primary N) is 1. The van der Waals surface area contributed by atoms with Crippen molar-refractivity contribution in [1.82, 2.24) is 10.3 Å². The molecule has 1 aliphatic carbocycles. The van der Waals surface area contributed by atoms with Crippen molar-refractivity contribution in [3.8, 4) is 0 Å². The summed E-state index contributed by atoms with van der Waals surface area (Å²) in [4.78, 5) is 16.3. The molecule has 1 aliphatic heterocycles. The molecule has 144 valence electrons. The van der Waals surface area contributed by atoms with Gasteiger partial charge in [0.2, 0.25) is 0 Å². The monoisotopic (exact) mass is 363 g/mol. The van der Waals surface area contributed by atoms with E-state index in [0.717, 1.165) is 18.4 Å². The number of carbonyl (C=O) groups is 1. The number of rotatable bonds is 3. The van der Waals surface area contributed by atoms with E-state index in [9.17, 15) is 9.90 Å². The average molecular weight is 363 g/mol. The smallest absolute Gasteiger partial charge is 0.407 e. The van der Waals surface area contributed by atoms with Gasteiger partial charge in [-0.2, -0.15) is 0 Å². The maximum atomic E-state index is 12.3. The fraction of sp³-hybridized carbons (Fsp3) is 0.684. The number of amides is 1. The number of nitrogens with zero attached hydrogens (tertiary/aromatic N) is 1. The number of carbonyl (C=O) groups excluding carboxylic acids is 1. The van der Waals surface area contributed by atoms with Gasteiger partial charge >= 0.3 is 6.09 Å². The van der Waals surface area contributed by atoms with Crippen molar-refractivity contribution in [1.29, 1.82) is 0 Å². The summed E-state index contributed by atoms with van der Waals surface area (Å²) in [6.45, 7) is 7.15. The second-order valence-corrected chi connectivity index (χ2v) is 8.55. The lowest BCUT2D eigenvalue weighted by Crippen LogP contribution is -2.62. The summed E-state index contributed by atoms with van der Waals surface area (Å²) in [5.74, 6) is 0.291. The molecule has 1 amide bonds. The van der Waals surface area contributed by atoms with E-state index < -0.39 is 23.3 Å². The molecular weight excluding hydrogens is 334 g/mol. The molecule has 3 rings (SSSR count). The number of pyridine rings is 1. The highest BCUT2D eigenvalue weighted by molar-refractivity contribution is 5.68. The van der Waals surface area contributed by atoms with Gasteiger partial charge in [-0.15, -0.1) is 0 Å². The van der Waals surface area contributed by atoms with Gasteiger partial charge in [-0.25, -0.2) is 4.79 Å². The first-order chi connectivity index (χ1) is 12.1. The molecule has 0 bridgehead atoms. The minimum Gasteiger partial charge on any atom is -0.444 e. The third-order valence-corrected chi connectivity index (χ3v) is 5.02. The van der Waals surface area contributed by atoms with E-state index in [4.69, 9.17) is 15.2 Å². The molecule has 2 heterocycles. The van der Waals surface area contributed by atoms with E-state index in [1.807, 2.05) is 26.8 Å². The minimum absolute atomic E-state index is 0.291. The SMILES string of the molecule is CC(C)(C)OC(=O)NC1CC(c2ccncc2N)OC(C2CC2)C1(C)O. The number of hydrogen-bond donors (Lipinski definition) is 3. The zero-order valence-corrected chi connectivity index (χ0v) is 15.9. The summed E-state index contributed by atoms with van der Waals surface area (Å²) in [7, 11) is 0. The number of anilines is 1. The molecule has 0 aromatic carbocycles. The van der Waals surface area contributed by atoms with E-state index in [0.29, 0.717) is 18.0 Å². The lowest BCUT2D eigenvalue weighted by molar-refractivity contribution is -0.191. The molecule has 0 spiro atoms. The second kappa shape index (κ2) is 6.70. The van der Waals surface area contributed by atoms with Gasteiger partial charge in [-0.3, -0.25) is 4.98 Å². The van der Waals surface area contributed by atoms with Crippen LogP contribution in [0.2, 0.25) is 0 Å². The summed E-state index contributed by atoms with van der Waals surface area (Å²) < 4.78 is 11.6. The topological polar surface area (TPSA) is 107 Å². The number of ether oxygens (including phenoxy) is 2. The van der Waals surface area contributed by atoms with Crippen molar-refractivity contribution in [3.05, 3.63) is 24.0 Å². The Hall–Kier alpha value is -1.86. The molecule has 2 fully saturated rings. The van der Waals surface area contributed by atoms with Gasteiger partial charge in [0.25, 0.3) is 0 Å². The van der Waals surface area contributed by atoms with Gasteiger partial charge in [0.05, 0.1) is 30.1 Å². The van der Waals surface area contributed by atoms with Crippen LogP contribution in [0.5, 0.6) is 0 Å². The first-order valence-electron chi connectivity index (χ1n) is 9.14. The largest absolute Gasteiger partial charge is 0.444 e. The Balaban J connectivity index is 1.83. The normalized spacial score (nSPS) is 32.1. The molecule has 4 unspecified atom stereocenters. The fourth-order valence-corrected chi connectivity index (χ4v) is 3.57. The van der Waals surface area contributed by atoms with E-state index in [2.05, 4.69) is 10.3 Å². The van der Waals surface area contributed by atoms with Crippen LogP contribution in [0.3, 0.4) is 0 Å². The molecule has 1 saturated heterocycles. The van der Waals surface area contributed by atoms with Crippen LogP contribution in [-0.2, 0) is 9.47 Å². The quantitative estimate of drug-likeness (QED) is 0.762. The number of aliphatic hydroxyl groups is 1. The molecule has 4 atom stereocenters. The van der Waals surface area contributed by atoms with E-state index in [1.54, 1.807) is 19.3 Å². The molecule has 4 N–H and O–H groups in total. The Morgan fingerprint density at radius 3 is 2.73 bits per heavy atom. The maximum Gasteiger partial charge on any atom is 0.407 e. The van der Waals surface area contributed by atoms with Gasteiger partial charge in [0.1, 0.15) is 11.2 Å². The van der Waals surface area contributed by atoms with Crippen LogP contribution < -0.4 is 11.1 Å². The second-order valence-electron chi connectivity index (χ2n) is 8.55. The van der Waals surface area contributed by atoms with Crippen molar-refractivity contribution in [3.63, 3.8) is 0 Å². The lowest BCUT2D eigenvalue weighted by Gasteiger charge is -2.47. The molecule has 1 aromatic rings. The molecule has 2 aliphatic rings. The molecule has 26 heavy (non-hydrogen) atoms. The first-order valence-corrected chi connectivity index (χ1v) is 9.14. The minimum atomic E-state index is -1.18. The highest BCUT2D eigenvalue weighted by Gasteiger charge is 2.53. The molecule has 1 saturated carbocycles. The van der Waals surface area contributed by atoms with Crippen molar-refractivity contribution >= 4 is 11.8 Å². The van der Waals surface area contributed by atoms with Gasteiger partial charge in [0, 0.05) is 18.2 Å². The average Bonchev–Trinajstić information content (AvgIpc) is 3.32. The van der Waals surface area contributed by atoms with Crippen molar-refractivity contribution in [2.45, 2.75) is 76.4 Å². The highest BCUT2D eigenvalue weighted by Crippen LogP contribution is 2.47. The predicted molar refractivity (Wildman–Crippen MR) is 97.4 cm³/mol. The zero-order chi connectivity index (χ0) is 19.1. The molecule has 0 radical (unpaired) electrons. The Bertz CT molecular complexity index is 667. The Morgan fingerprint density at radius 2 is 2.15 bits per heavy atom. The molecular formula is C19H29N3O4. The van der Waals surface area contributed by atoms with Crippen LogP contribution in [0.25, 0.3) is 0 Å². The Morgan fingerprint density at radius 1 is 1.46 bits per heavy atom. The summed E-state index contributed by atoms with van der Waals surface area (Å²) in [5.41, 5.74) is 5.66. The van der Waals surface area contributed by atoms with Gasteiger partial charge < -0.3 is 25.6 Å². The maximum absolute atomic E-state index is 12.3. The Kier molecular flexibility index (Phi) is 4.88. The van der Waals surface area contributed by atoms with Crippen molar-refractivity contribution < 1.29 is 19.4 Å². The molecule has 7 nitrogen and oxygen atoms in total. The van der Waals surface area contributed by atoms with E-state index >= 15 is 0 Å². The van der Waals surface area contributed by atoms with E-state index in [1.165, 1.54) is 0 Å². The number of aromatic nitrogens is 1. The van der Waals surface area contributed by atoms with Crippen molar-refractivity contribution in [2.24, 2.45) is 5.92 Å². The predicted octanol–water partition coefficient (Wildman–Crippen LogP) is 2.55. The van der Waals surface area contributed by atoms with Crippen LogP contribution in [0.1, 0.15) is 58.6 Å². The summed E-state index contributed by atoms with van der Waals surface area (Å²) in [6.07, 6.45) is 4.47. The van der Waals surface area contributed by atoms with Gasteiger partial charge in [0.15, 0.2) is 0 Å². The number of nitrogens with one attached hydrogen (secondary N) is 1. The number of hydrogen-bond acceptors (Lipinski definition) is 6. The summed E-state index contributed by atoms with van der Waals surface area (Å²) in [6, 6.07) is 1.32. The van der Waals surface area contributed by atoms with Crippen LogP contribution in [0, 0.1) is 5.92 Å². The zero-order valence-electron chi connectivity index (χ0n) is 15.9. The van der Waals surface area contributed by atoms with Crippen LogP contribution >= 0.6 is 0 Å². The van der Waals surface area contributed by atoms with Crippen molar-refractivity contribution in [2.75, 3.05) is 5.73 Å². The number of nitrogen functional groups attached to an aromatic ring is 1.